The summed E-state index contributed by atoms with van der Waals surface area (Å²) in [7, 11) is 0. The summed E-state index contributed by atoms with van der Waals surface area (Å²) >= 11 is 7.28. The molecule has 0 radical (unpaired) electrons. The number of benzene rings is 5. The van der Waals surface area contributed by atoms with Gasteiger partial charge in [-0.2, -0.15) is 0 Å². The van der Waals surface area contributed by atoms with Crippen LogP contribution in [-0.4, -0.2) is 0 Å². The number of rotatable bonds is 6. The van der Waals surface area contributed by atoms with Crippen molar-refractivity contribution >= 4 is 66.0 Å². The summed E-state index contributed by atoms with van der Waals surface area (Å²) in [6.07, 6.45) is 0. The summed E-state index contributed by atoms with van der Waals surface area (Å²) in [6.45, 7) is 0. The minimum atomic E-state index is 1.04. The van der Waals surface area contributed by atoms with Crippen molar-refractivity contribution in [3.63, 3.8) is 0 Å². The van der Waals surface area contributed by atoms with Gasteiger partial charge in [-0.1, -0.05) is 86.5 Å². The molecule has 0 unspecified atom stereocenters. The van der Waals surface area contributed by atoms with Crippen LogP contribution in [0.25, 0.3) is 0 Å². The molecule has 0 aliphatic heterocycles. The van der Waals surface area contributed by atoms with Crippen LogP contribution in [0.5, 0.6) is 0 Å². The lowest BCUT2D eigenvalue weighted by Gasteiger charge is -2.29. The predicted octanol–water partition coefficient (Wildman–Crippen LogP) is 10.2. The second kappa shape index (κ2) is 10.3. The standard InChI is InChI=1S/C30H22Br2N2/c31-23-10-7-16-27(20-23)33(25-12-3-1-4-13-25)29-18-9-19-30(22-29)34(26-14-5-2-6-15-26)28-17-8-11-24(32)21-28/h1-22H. The van der Waals surface area contributed by atoms with E-state index in [0.717, 1.165) is 43.1 Å². The molecule has 0 spiro atoms. The van der Waals surface area contributed by atoms with Gasteiger partial charge < -0.3 is 9.80 Å². The molecule has 0 amide bonds. The van der Waals surface area contributed by atoms with Crippen LogP contribution in [0, 0.1) is 0 Å². The van der Waals surface area contributed by atoms with Crippen LogP contribution in [-0.2, 0) is 0 Å². The number of nitrogens with zero attached hydrogens (tertiary/aromatic N) is 2. The van der Waals surface area contributed by atoms with E-state index in [9.17, 15) is 0 Å². The topological polar surface area (TPSA) is 6.48 Å². The van der Waals surface area contributed by atoms with Gasteiger partial charge >= 0.3 is 0 Å². The van der Waals surface area contributed by atoms with Gasteiger partial charge in [0.1, 0.15) is 0 Å². The summed E-state index contributed by atoms with van der Waals surface area (Å²) in [5, 5.41) is 0. The van der Waals surface area contributed by atoms with Crippen LogP contribution in [0.4, 0.5) is 34.1 Å². The highest BCUT2D eigenvalue weighted by Gasteiger charge is 2.17. The molecule has 0 fully saturated rings. The normalized spacial score (nSPS) is 10.6. The average molecular weight is 570 g/mol. The van der Waals surface area contributed by atoms with Crippen molar-refractivity contribution in [3.8, 4) is 0 Å². The molecule has 0 aliphatic rings. The number of anilines is 6. The number of para-hydroxylation sites is 2. The van der Waals surface area contributed by atoms with Gasteiger partial charge in [0, 0.05) is 43.1 Å². The third-order valence-corrected chi connectivity index (χ3v) is 6.49. The highest BCUT2D eigenvalue weighted by atomic mass is 79.9. The van der Waals surface area contributed by atoms with Gasteiger partial charge in [-0.25, -0.2) is 0 Å². The molecule has 0 saturated carbocycles. The third-order valence-electron chi connectivity index (χ3n) is 5.51. The molecular weight excluding hydrogens is 548 g/mol. The first kappa shape index (κ1) is 22.5. The first-order valence-corrected chi connectivity index (χ1v) is 12.6. The maximum absolute atomic E-state index is 3.64. The first-order chi connectivity index (χ1) is 16.7. The maximum Gasteiger partial charge on any atom is 0.0482 e. The second-order valence-corrected chi connectivity index (χ2v) is 9.65. The van der Waals surface area contributed by atoms with E-state index < -0.39 is 0 Å². The van der Waals surface area contributed by atoms with Crippen LogP contribution in [0.2, 0.25) is 0 Å². The van der Waals surface area contributed by atoms with Gasteiger partial charge in [0.2, 0.25) is 0 Å². The lowest BCUT2D eigenvalue weighted by Crippen LogP contribution is -2.13. The lowest BCUT2D eigenvalue weighted by molar-refractivity contribution is 1.25. The summed E-state index contributed by atoms with van der Waals surface area (Å²) in [5.74, 6) is 0. The molecular formula is C30H22Br2N2. The Morgan fingerprint density at radius 1 is 0.324 bits per heavy atom. The smallest absolute Gasteiger partial charge is 0.0482 e. The first-order valence-electron chi connectivity index (χ1n) is 11.0. The summed E-state index contributed by atoms with van der Waals surface area (Å²) in [6, 6.07) is 46.4. The fourth-order valence-electron chi connectivity index (χ4n) is 4.05. The summed E-state index contributed by atoms with van der Waals surface area (Å²) in [5.41, 5.74) is 6.55. The third kappa shape index (κ3) is 4.93. The zero-order valence-electron chi connectivity index (χ0n) is 18.4. The molecule has 0 aromatic heterocycles. The van der Waals surface area contributed by atoms with Crippen molar-refractivity contribution < 1.29 is 0 Å². The van der Waals surface area contributed by atoms with E-state index >= 15 is 0 Å². The fourth-order valence-corrected chi connectivity index (χ4v) is 4.82. The molecule has 2 nitrogen and oxygen atoms in total. The molecule has 5 aromatic rings. The van der Waals surface area contributed by atoms with Gasteiger partial charge in [0.15, 0.2) is 0 Å². The second-order valence-electron chi connectivity index (χ2n) is 7.82. The number of halogens is 2. The molecule has 166 valence electrons. The maximum atomic E-state index is 3.64. The minimum absolute atomic E-state index is 1.04. The van der Waals surface area contributed by atoms with Crippen LogP contribution in [0.3, 0.4) is 0 Å². The van der Waals surface area contributed by atoms with Crippen molar-refractivity contribution in [1.82, 2.24) is 0 Å². The van der Waals surface area contributed by atoms with E-state index in [0.29, 0.717) is 0 Å². The highest BCUT2D eigenvalue weighted by molar-refractivity contribution is 9.10. The molecule has 5 rings (SSSR count). The van der Waals surface area contributed by atoms with Crippen LogP contribution in [0.1, 0.15) is 0 Å². The zero-order chi connectivity index (χ0) is 23.3. The van der Waals surface area contributed by atoms with Gasteiger partial charge in [-0.05, 0) is 78.9 Å². The van der Waals surface area contributed by atoms with E-state index in [1.54, 1.807) is 0 Å². The van der Waals surface area contributed by atoms with Crippen molar-refractivity contribution in [2.45, 2.75) is 0 Å². The molecule has 0 bridgehead atoms. The Balaban J connectivity index is 1.67. The van der Waals surface area contributed by atoms with Crippen molar-refractivity contribution in [1.29, 1.82) is 0 Å². The molecule has 0 heterocycles. The molecule has 34 heavy (non-hydrogen) atoms. The Bertz CT molecular complexity index is 1280. The average Bonchev–Trinajstić information content (AvgIpc) is 2.86. The predicted molar refractivity (Wildman–Crippen MR) is 151 cm³/mol. The SMILES string of the molecule is Brc1cccc(N(c2ccccc2)c2cccc(N(c3ccccc3)c3cccc(Br)c3)c2)c1. The Hall–Kier alpha value is -3.34. The van der Waals surface area contributed by atoms with Gasteiger partial charge in [0.05, 0.1) is 0 Å². The molecule has 0 N–H and O–H groups in total. The van der Waals surface area contributed by atoms with Gasteiger partial charge in [0.25, 0.3) is 0 Å². The monoisotopic (exact) mass is 568 g/mol. The van der Waals surface area contributed by atoms with Crippen molar-refractivity contribution in [3.05, 3.63) is 142 Å². The molecule has 5 aromatic carbocycles. The van der Waals surface area contributed by atoms with E-state index in [2.05, 4.69) is 151 Å². The number of hydrogen-bond acceptors (Lipinski definition) is 2. The van der Waals surface area contributed by atoms with Gasteiger partial charge in [-0.3, -0.25) is 0 Å². The highest BCUT2D eigenvalue weighted by Crippen LogP contribution is 2.40. The van der Waals surface area contributed by atoms with Crippen LogP contribution >= 0.6 is 31.9 Å². The van der Waals surface area contributed by atoms with Crippen LogP contribution in [0.15, 0.2) is 142 Å². The van der Waals surface area contributed by atoms with E-state index in [-0.39, 0.29) is 0 Å². The van der Waals surface area contributed by atoms with E-state index in [4.69, 9.17) is 0 Å². The van der Waals surface area contributed by atoms with E-state index in [1.165, 1.54) is 0 Å². The summed E-state index contributed by atoms with van der Waals surface area (Å²) < 4.78 is 2.09. The van der Waals surface area contributed by atoms with E-state index in [1.807, 2.05) is 24.3 Å². The summed E-state index contributed by atoms with van der Waals surface area (Å²) in [4.78, 5) is 4.55. The fraction of sp³-hybridized carbons (Fsp3) is 0. The molecule has 0 saturated heterocycles. The Morgan fingerprint density at radius 2 is 0.647 bits per heavy atom. The Labute approximate surface area is 217 Å². The molecule has 4 heteroatoms. The van der Waals surface area contributed by atoms with Gasteiger partial charge in [-0.15, -0.1) is 0 Å². The van der Waals surface area contributed by atoms with Crippen LogP contribution < -0.4 is 9.80 Å². The molecule has 0 aliphatic carbocycles. The quantitative estimate of drug-likeness (QED) is 0.201. The Kier molecular flexibility index (Phi) is 6.79. The molecule has 0 atom stereocenters. The Morgan fingerprint density at radius 3 is 1.03 bits per heavy atom. The van der Waals surface area contributed by atoms with Crippen molar-refractivity contribution in [2.24, 2.45) is 0 Å². The largest absolute Gasteiger partial charge is 0.310 e. The minimum Gasteiger partial charge on any atom is -0.310 e. The number of hydrogen-bond donors (Lipinski definition) is 0. The lowest BCUT2D eigenvalue weighted by atomic mass is 10.1. The van der Waals surface area contributed by atoms with Crippen molar-refractivity contribution in [2.75, 3.05) is 9.80 Å². The zero-order valence-corrected chi connectivity index (χ0v) is 21.5.